The standard InChI is InChI=1S/C6H11N3/c1-3-5(4-2)9-6(7)8/h1,5H,4H2,2H3,(H4,7,8,9)/t5-/m0/s1. The molecule has 0 saturated carbocycles. The molecule has 0 aromatic carbocycles. The molecule has 0 aromatic heterocycles. The van der Waals surface area contributed by atoms with E-state index in [0.717, 1.165) is 6.42 Å². The largest absolute Gasteiger partial charge is 0.370 e. The molecular weight excluding hydrogens is 114 g/mol. The summed E-state index contributed by atoms with van der Waals surface area (Å²) in [6, 6.07) is -0.0949. The summed E-state index contributed by atoms with van der Waals surface area (Å²) in [6.07, 6.45) is 5.85. The van der Waals surface area contributed by atoms with Gasteiger partial charge < -0.3 is 11.1 Å². The fourth-order valence-corrected chi connectivity index (χ4v) is 0.449. The molecule has 0 saturated heterocycles. The minimum atomic E-state index is -0.0949. The second kappa shape index (κ2) is 3.79. The first kappa shape index (κ1) is 7.83. The molecule has 0 heterocycles. The Hall–Kier alpha value is -1.17. The Morgan fingerprint density at radius 1 is 2.00 bits per heavy atom. The van der Waals surface area contributed by atoms with Crippen molar-refractivity contribution in [3.8, 4) is 12.3 Å². The summed E-state index contributed by atoms with van der Waals surface area (Å²) in [6.45, 7) is 1.93. The zero-order chi connectivity index (χ0) is 7.28. The summed E-state index contributed by atoms with van der Waals surface area (Å²) in [7, 11) is 0. The van der Waals surface area contributed by atoms with Gasteiger partial charge in [-0.05, 0) is 6.42 Å². The highest BCUT2D eigenvalue weighted by Crippen LogP contribution is 1.84. The van der Waals surface area contributed by atoms with Gasteiger partial charge in [0.25, 0.3) is 0 Å². The lowest BCUT2D eigenvalue weighted by atomic mass is 10.2. The van der Waals surface area contributed by atoms with Crippen LogP contribution in [0.15, 0.2) is 0 Å². The molecule has 3 nitrogen and oxygen atoms in total. The first-order valence-corrected chi connectivity index (χ1v) is 2.77. The SMILES string of the molecule is C#C[C@@H](CC)NC(=N)N. The van der Waals surface area contributed by atoms with Gasteiger partial charge in [-0.25, -0.2) is 0 Å². The number of nitrogens with one attached hydrogen (secondary N) is 2. The third-order valence-electron chi connectivity index (χ3n) is 0.939. The molecule has 0 amide bonds. The summed E-state index contributed by atoms with van der Waals surface area (Å²) in [4.78, 5) is 0. The Labute approximate surface area is 55.1 Å². The number of nitrogens with two attached hydrogens (primary N) is 1. The third-order valence-corrected chi connectivity index (χ3v) is 0.939. The van der Waals surface area contributed by atoms with Gasteiger partial charge in [-0.2, -0.15) is 0 Å². The summed E-state index contributed by atoms with van der Waals surface area (Å²) in [5.74, 6) is 2.38. The molecule has 0 aromatic rings. The Bertz CT molecular complexity index is 134. The van der Waals surface area contributed by atoms with Crippen LogP contribution in [0.5, 0.6) is 0 Å². The van der Waals surface area contributed by atoms with Crippen LogP contribution in [0.2, 0.25) is 0 Å². The highest BCUT2D eigenvalue weighted by Gasteiger charge is 1.98. The second-order valence-electron chi connectivity index (χ2n) is 1.69. The van der Waals surface area contributed by atoms with Gasteiger partial charge >= 0.3 is 0 Å². The normalized spacial score (nSPS) is 11.6. The maximum atomic E-state index is 6.80. The molecule has 9 heavy (non-hydrogen) atoms. The molecule has 3 heteroatoms. The van der Waals surface area contributed by atoms with Crippen molar-refractivity contribution in [2.24, 2.45) is 5.73 Å². The predicted octanol–water partition coefficient (Wildman–Crippen LogP) is -0.119. The summed E-state index contributed by atoms with van der Waals surface area (Å²) >= 11 is 0. The molecule has 0 aliphatic rings. The Balaban J connectivity index is 3.60. The van der Waals surface area contributed by atoms with E-state index >= 15 is 0 Å². The van der Waals surface area contributed by atoms with E-state index < -0.39 is 0 Å². The topological polar surface area (TPSA) is 61.9 Å². The molecule has 0 rings (SSSR count). The van der Waals surface area contributed by atoms with E-state index in [9.17, 15) is 0 Å². The molecule has 0 bridgehead atoms. The summed E-state index contributed by atoms with van der Waals surface area (Å²) < 4.78 is 0. The molecule has 4 N–H and O–H groups in total. The van der Waals surface area contributed by atoms with Crippen LogP contribution in [-0.2, 0) is 0 Å². The van der Waals surface area contributed by atoms with E-state index in [1.165, 1.54) is 0 Å². The van der Waals surface area contributed by atoms with Crippen molar-refractivity contribution in [2.75, 3.05) is 0 Å². The Morgan fingerprint density at radius 2 is 2.56 bits per heavy atom. The molecule has 0 radical (unpaired) electrons. The number of rotatable bonds is 2. The highest BCUT2D eigenvalue weighted by molar-refractivity contribution is 5.74. The van der Waals surface area contributed by atoms with Crippen LogP contribution < -0.4 is 11.1 Å². The average molecular weight is 125 g/mol. The fourth-order valence-electron chi connectivity index (χ4n) is 0.449. The number of hydrogen-bond donors (Lipinski definition) is 3. The van der Waals surface area contributed by atoms with Crippen LogP contribution in [0.3, 0.4) is 0 Å². The van der Waals surface area contributed by atoms with Crippen LogP contribution in [0.25, 0.3) is 0 Å². The van der Waals surface area contributed by atoms with E-state index in [2.05, 4.69) is 11.2 Å². The third kappa shape index (κ3) is 3.42. The summed E-state index contributed by atoms with van der Waals surface area (Å²) in [5.41, 5.74) is 5.02. The highest BCUT2D eigenvalue weighted by atomic mass is 15.1. The van der Waals surface area contributed by atoms with Crippen LogP contribution in [-0.4, -0.2) is 12.0 Å². The number of terminal acetylenes is 1. The molecule has 0 spiro atoms. The van der Waals surface area contributed by atoms with E-state index in [0.29, 0.717) is 0 Å². The van der Waals surface area contributed by atoms with Crippen LogP contribution >= 0.6 is 0 Å². The van der Waals surface area contributed by atoms with Crippen LogP contribution in [0.1, 0.15) is 13.3 Å². The molecular formula is C6H11N3. The van der Waals surface area contributed by atoms with Crippen molar-refractivity contribution in [1.82, 2.24) is 5.32 Å². The molecule has 50 valence electrons. The molecule has 0 fully saturated rings. The minimum Gasteiger partial charge on any atom is -0.370 e. The number of hydrogen-bond acceptors (Lipinski definition) is 1. The maximum Gasteiger partial charge on any atom is 0.186 e. The minimum absolute atomic E-state index is 0.0696. The zero-order valence-corrected chi connectivity index (χ0v) is 5.44. The lowest BCUT2D eigenvalue weighted by Gasteiger charge is -2.08. The quantitative estimate of drug-likeness (QED) is 0.274. The van der Waals surface area contributed by atoms with Gasteiger partial charge in [0.1, 0.15) is 0 Å². The van der Waals surface area contributed by atoms with Gasteiger partial charge in [0, 0.05) is 0 Å². The molecule has 0 unspecified atom stereocenters. The van der Waals surface area contributed by atoms with E-state index in [-0.39, 0.29) is 12.0 Å². The van der Waals surface area contributed by atoms with Crippen molar-refractivity contribution in [3.05, 3.63) is 0 Å². The number of guanidine groups is 1. The predicted molar refractivity (Wildman–Crippen MR) is 38.0 cm³/mol. The van der Waals surface area contributed by atoms with Crippen LogP contribution in [0.4, 0.5) is 0 Å². The Kier molecular flexibility index (Phi) is 3.29. The lowest BCUT2D eigenvalue weighted by molar-refractivity contribution is 0.716. The van der Waals surface area contributed by atoms with Gasteiger partial charge in [-0.3, -0.25) is 5.41 Å². The first-order valence-electron chi connectivity index (χ1n) is 2.77. The van der Waals surface area contributed by atoms with E-state index in [1.807, 2.05) is 6.92 Å². The first-order chi connectivity index (χ1) is 4.20. The van der Waals surface area contributed by atoms with Gasteiger partial charge in [0.2, 0.25) is 0 Å². The molecule has 0 aliphatic carbocycles. The summed E-state index contributed by atoms with van der Waals surface area (Å²) in [5, 5.41) is 9.41. The van der Waals surface area contributed by atoms with Gasteiger partial charge in [0.15, 0.2) is 5.96 Å². The lowest BCUT2D eigenvalue weighted by Crippen LogP contribution is -2.37. The van der Waals surface area contributed by atoms with Crippen molar-refractivity contribution >= 4 is 5.96 Å². The molecule has 0 aliphatic heterocycles. The average Bonchev–Trinajstić information content (AvgIpc) is 1.82. The van der Waals surface area contributed by atoms with Gasteiger partial charge in [-0.1, -0.05) is 12.8 Å². The monoisotopic (exact) mass is 125 g/mol. The smallest absolute Gasteiger partial charge is 0.186 e. The molecule has 1 atom stereocenters. The van der Waals surface area contributed by atoms with Crippen molar-refractivity contribution in [2.45, 2.75) is 19.4 Å². The van der Waals surface area contributed by atoms with E-state index in [4.69, 9.17) is 17.6 Å². The van der Waals surface area contributed by atoms with Crippen LogP contribution in [0, 0.1) is 17.8 Å². The van der Waals surface area contributed by atoms with Gasteiger partial charge in [-0.15, -0.1) is 6.42 Å². The van der Waals surface area contributed by atoms with Crippen molar-refractivity contribution in [3.63, 3.8) is 0 Å². The maximum absolute atomic E-state index is 6.80. The zero-order valence-electron chi connectivity index (χ0n) is 5.44. The fraction of sp³-hybridized carbons (Fsp3) is 0.500. The van der Waals surface area contributed by atoms with Crippen molar-refractivity contribution < 1.29 is 0 Å². The van der Waals surface area contributed by atoms with Gasteiger partial charge in [0.05, 0.1) is 6.04 Å². The van der Waals surface area contributed by atoms with E-state index in [1.54, 1.807) is 0 Å². The van der Waals surface area contributed by atoms with Crippen molar-refractivity contribution in [1.29, 1.82) is 5.41 Å². The second-order valence-corrected chi connectivity index (χ2v) is 1.69. The Morgan fingerprint density at radius 3 is 2.67 bits per heavy atom.